The van der Waals surface area contributed by atoms with Gasteiger partial charge in [-0.05, 0) is 33.2 Å². The Morgan fingerprint density at radius 2 is 1.44 bits per heavy atom. The molecule has 1 aliphatic heterocycles. The molecule has 1 fully saturated rings. The van der Waals surface area contributed by atoms with E-state index in [1.807, 2.05) is 20.8 Å². The molecule has 0 aromatic rings. The fourth-order valence-electron chi connectivity index (χ4n) is 2.35. The Hall–Kier alpha value is 0.0969. The molecule has 0 N–H and O–H groups in total. The highest BCUT2D eigenvalue weighted by Crippen LogP contribution is 2.32. The van der Waals surface area contributed by atoms with Gasteiger partial charge < -0.3 is 13.6 Å². The summed E-state index contributed by atoms with van der Waals surface area (Å²) in [4.78, 5) is 0. The summed E-state index contributed by atoms with van der Waals surface area (Å²) < 4.78 is 17.8. The smallest absolute Gasteiger partial charge is 0.368 e. The summed E-state index contributed by atoms with van der Waals surface area (Å²) in [5.74, 6) is 0. The van der Waals surface area contributed by atoms with E-state index in [4.69, 9.17) is 13.6 Å². The predicted molar refractivity (Wildman–Crippen MR) is 79.0 cm³/mol. The highest BCUT2D eigenvalue weighted by atomic mass is 28.4. The van der Waals surface area contributed by atoms with Crippen LogP contribution in [0, 0.1) is 0 Å². The van der Waals surface area contributed by atoms with Gasteiger partial charge in [0.05, 0.1) is 0 Å². The normalized spacial score (nSPS) is 22.2. The molecule has 0 spiro atoms. The number of rotatable bonds is 6. The van der Waals surface area contributed by atoms with Gasteiger partial charge in [0.2, 0.25) is 0 Å². The summed E-state index contributed by atoms with van der Waals surface area (Å²) in [6.07, 6.45) is 4.84. The minimum absolute atomic E-state index is 0.246. The van der Waals surface area contributed by atoms with E-state index in [9.17, 15) is 0 Å². The van der Waals surface area contributed by atoms with Crippen LogP contribution in [-0.4, -0.2) is 34.1 Å². The van der Waals surface area contributed by atoms with E-state index in [1.54, 1.807) is 0 Å². The van der Waals surface area contributed by atoms with Gasteiger partial charge in [0, 0.05) is 19.8 Å². The Bertz CT molecular complexity index is 174. The lowest BCUT2D eigenvalue weighted by atomic mass is 10.2. The first-order valence-corrected chi connectivity index (χ1v) is 9.70. The zero-order valence-corrected chi connectivity index (χ0v) is 14.0. The highest BCUT2D eigenvalue weighted by molar-refractivity contribution is 6.69. The topological polar surface area (TPSA) is 27.7 Å². The summed E-state index contributed by atoms with van der Waals surface area (Å²) in [6.45, 7) is 12.6. The van der Waals surface area contributed by atoms with Crippen LogP contribution < -0.4 is 0 Å². The second-order valence-corrected chi connectivity index (χ2v) is 7.92. The van der Waals surface area contributed by atoms with Gasteiger partial charge in [-0.25, -0.2) is 0 Å². The molecule has 0 bridgehead atoms. The van der Waals surface area contributed by atoms with Crippen LogP contribution in [0.15, 0.2) is 0 Å². The Kier molecular flexibility index (Phi) is 11.0. The molecule has 1 unspecified atom stereocenters. The Morgan fingerprint density at radius 1 is 0.889 bits per heavy atom. The van der Waals surface area contributed by atoms with Crippen LogP contribution in [0.25, 0.3) is 0 Å². The standard InChI is InChI=1S/C11H24O3Si.C3H8/c1-4-12-11-9-7-8-10-15(11,13-5-2)14-6-3;1-3-2/h11H,4-10H2,1-3H3;3H2,1-2H3. The van der Waals surface area contributed by atoms with E-state index in [0.717, 1.165) is 32.3 Å². The lowest BCUT2D eigenvalue weighted by Crippen LogP contribution is -2.56. The third-order valence-corrected chi connectivity index (χ3v) is 6.92. The molecule has 18 heavy (non-hydrogen) atoms. The molecule has 1 aliphatic rings. The predicted octanol–water partition coefficient (Wildman–Crippen LogP) is 4.05. The van der Waals surface area contributed by atoms with Crippen molar-refractivity contribution in [2.24, 2.45) is 0 Å². The first-order chi connectivity index (χ1) is 8.70. The molecule has 0 aromatic heterocycles. The van der Waals surface area contributed by atoms with Crippen LogP contribution in [0.1, 0.15) is 60.3 Å². The van der Waals surface area contributed by atoms with Gasteiger partial charge >= 0.3 is 8.56 Å². The van der Waals surface area contributed by atoms with Crippen molar-refractivity contribution in [1.29, 1.82) is 0 Å². The molecule has 4 heteroatoms. The first-order valence-electron chi connectivity index (χ1n) is 7.60. The van der Waals surface area contributed by atoms with Crippen LogP contribution in [0.3, 0.4) is 0 Å². The number of ether oxygens (including phenoxy) is 1. The quantitative estimate of drug-likeness (QED) is 0.685. The maximum absolute atomic E-state index is 5.97. The van der Waals surface area contributed by atoms with Gasteiger partial charge in [-0.1, -0.05) is 33.1 Å². The fourth-order valence-corrected chi connectivity index (χ4v) is 6.20. The molecule has 1 atom stereocenters. The van der Waals surface area contributed by atoms with Crippen LogP contribution in [0.2, 0.25) is 6.04 Å². The average Bonchev–Trinajstić information content (AvgIpc) is 2.34. The average molecular weight is 276 g/mol. The molecule has 110 valence electrons. The molecule has 0 radical (unpaired) electrons. The summed E-state index contributed by atoms with van der Waals surface area (Å²) in [6, 6.07) is 1.10. The zero-order valence-electron chi connectivity index (χ0n) is 13.0. The van der Waals surface area contributed by atoms with Crippen molar-refractivity contribution < 1.29 is 13.6 Å². The van der Waals surface area contributed by atoms with Crippen molar-refractivity contribution >= 4 is 8.56 Å². The van der Waals surface area contributed by atoms with Crippen molar-refractivity contribution in [3.05, 3.63) is 0 Å². The lowest BCUT2D eigenvalue weighted by Gasteiger charge is -2.39. The van der Waals surface area contributed by atoms with Gasteiger partial charge in [0.15, 0.2) is 0 Å². The van der Waals surface area contributed by atoms with Crippen LogP contribution >= 0.6 is 0 Å². The Balaban J connectivity index is 0.000000873. The van der Waals surface area contributed by atoms with Crippen molar-refractivity contribution in [2.45, 2.75) is 72.1 Å². The van der Waals surface area contributed by atoms with Crippen LogP contribution in [-0.2, 0) is 13.6 Å². The van der Waals surface area contributed by atoms with E-state index < -0.39 is 8.56 Å². The monoisotopic (exact) mass is 276 g/mol. The molecule has 3 nitrogen and oxygen atoms in total. The van der Waals surface area contributed by atoms with Crippen LogP contribution in [0.4, 0.5) is 0 Å². The van der Waals surface area contributed by atoms with Gasteiger partial charge in [0.1, 0.15) is 5.73 Å². The van der Waals surface area contributed by atoms with Gasteiger partial charge in [-0.2, -0.15) is 0 Å². The largest absolute Gasteiger partial charge is 0.393 e. The summed E-state index contributed by atoms with van der Waals surface area (Å²) in [5, 5.41) is 0. The van der Waals surface area contributed by atoms with Crippen molar-refractivity contribution in [3.63, 3.8) is 0 Å². The number of hydrogen-bond donors (Lipinski definition) is 0. The van der Waals surface area contributed by atoms with Crippen molar-refractivity contribution in [1.82, 2.24) is 0 Å². The summed E-state index contributed by atoms with van der Waals surface area (Å²) in [5.41, 5.74) is 0.246. The first kappa shape index (κ1) is 18.1. The Labute approximate surface area is 114 Å². The highest BCUT2D eigenvalue weighted by Gasteiger charge is 2.48. The van der Waals surface area contributed by atoms with Crippen LogP contribution in [0.5, 0.6) is 0 Å². The maximum Gasteiger partial charge on any atom is 0.368 e. The Morgan fingerprint density at radius 3 is 1.89 bits per heavy atom. The van der Waals surface area contributed by atoms with E-state index in [1.165, 1.54) is 19.3 Å². The van der Waals surface area contributed by atoms with Gasteiger partial charge in [-0.3, -0.25) is 0 Å². The minimum atomic E-state index is -2.06. The molecular weight excluding hydrogens is 244 g/mol. The van der Waals surface area contributed by atoms with E-state index >= 15 is 0 Å². The fraction of sp³-hybridized carbons (Fsp3) is 1.00. The molecule has 0 aromatic carbocycles. The van der Waals surface area contributed by atoms with Crippen molar-refractivity contribution in [2.75, 3.05) is 19.8 Å². The SMILES string of the molecule is CCC.CCOC1CCCC[Si]1(OCC)OCC. The molecule has 0 amide bonds. The number of hydrogen-bond acceptors (Lipinski definition) is 3. The summed E-state index contributed by atoms with van der Waals surface area (Å²) >= 11 is 0. The third-order valence-electron chi connectivity index (χ3n) is 2.88. The third kappa shape index (κ3) is 5.82. The second kappa shape index (κ2) is 11.0. The second-order valence-electron chi connectivity index (χ2n) is 4.57. The molecule has 0 saturated carbocycles. The molecule has 1 rings (SSSR count). The molecular formula is C14H32O3Si. The molecule has 0 aliphatic carbocycles. The van der Waals surface area contributed by atoms with E-state index in [2.05, 4.69) is 13.8 Å². The van der Waals surface area contributed by atoms with E-state index in [0.29, 0.717) is 0 Å². The molecule has 1 heterocycles. The molecule has 1 saturated heterocycles. The van der Waals surface area contributed by atoms with Gasteiger partial charge in [0.25, 0.3) is 0 Å². The maximum atomic E-state index is 5.97. The van der Waals surface area contributed by atoms with Crippen molar-refractivity contribution in [3.8, 4) is 0 Å². The van der Waals surface area contributed by atoms with E-state index in [-0.39, 0.29) is 5.73 Å². The lowest BCUT2D eigenvalue weighted by molar-refractivity contribution is 0.0396. The van der Waals surface area contributed by atoms with Gasteiger partial charge in [-0.15, -0.1) is 0 Å². The minimum Gasteiger partial charge on any atom is -0.393 e. The zero-order chi connectivity index (χ0) is 13.9. The summed E-state index contributed by atoms with van der Waals surface area (Å²) in [7, 11) is -2.06.